The van der Waals surface area contributed by atoms with Crippen LogP contribution in [0.2, 0.25) is 0 Å². The number of guanidine groups is 1. The van der Waals surface area contributed by atoms with Gasteiger partial charge in [-0.1, -0.05) is 5.16 Å². The van der Waals surface area contributed by atoms with Crippen molar-refractivity contribution in [3.8, 4) is 0 Å². The van der Waals surface area contributed by atoms with Gasteiger partial charge in [-0.2, -0.15) is 0 Å². The van der Waals surface area contributed by atoms with E-state index in [0.717, 1.165) is 74.5 Å². The van der Waals surface area contributed by atoms with Crippen molar-refractivity contribution in [2.24, 2.45) is 4.99 Å². The molecule has 0 aliphatic carbocycles. The van der Waals surface area contributed by atoms with E-state index < -0.39 is 0 Å². The highest BCUT2D eigenvalue weighted by molar-refractivity contribution is 7.99. The Bertz CT molecular complexity index is 715. The van der Waals surface area contributed by atoms with Gasteiger partial charge in [0.2, 0.25) is 0 Å². The Balaban J connectivity index is 1.40. The van der Waals surface area contributed by atoms with Gasteiger partial charge in [0.1, 0.15) is 12.1 Å². The van der Waals surface area contributed by atoms with Crippen molar-refractivity contribution in [2.75, 3.05) is 45.0 Å². The summed E-state index contributed by atoms with van der Waals surface area (Å²) in [4.78, 5) is 10.6. The Labute approximate surface area is 170 Å². The van der Waals surface area contributed by atoms with E-state index in [1.54, 1.807) is 18.0 Å². The standard InChI is InChI=1S/C20H28FN5OS/c1-2-22-20(23-9-3-15-28-19-6-4-17(21)5-7-19)26-12-10-25(11-13-26)16-18-8-14-27-24-18/h4-8,14H,2-3,9-13,15-16H2,1H3,(H,22,23). The third-order valence-electron chi connectivity index (χ3n) is 4.53. The molecule has 1 N–H and O–H groups in total. The highest BCUT2D eigenvalue weighted by Gasteiger charge is 2.20. The van der Waals surface area contributed by atoms with E-state index >= 15 is 0 Å². The lowest BCUT2D eigenvalue weighted by atomic mass is 10.3. The van der Waals surface area contributed by atoms with Crippen LogP contribution in [0.15, 0.2) is 51.0 Å². The number of piperazine rings is 1. The molecule has 1 saturated heterocycles. The fourth-order valence-electron chi connectivity index (χ4n) is 3.06. The Morgan fingerprint density at radius 2 is 2.00 bits per heavy atom. The lowest BCUT2D eigenvalue weighted by molar-refractivity contribution is 0.169. The summed E-state index contributed by atoms with van der Waals surface area (Å²) in [5.41, 5.74) is 0.979. The number of aliphatic imine (C=N–C) groups is 1. The average Bonchev–Trinajstić information content (AvgIpc) is 3.22. The van der Waals surface area contributed by atoms with Gasteiger partial charge in [-0.15, -0.1) is 11.8 Å². The quantitative estimate of drug-likeness (QED) is 0.315. The minimum absolute atomic E-state index is 0.189. The molecule has 2 heterocycles. The predicted octanol–water partition coefficient (Wildman–Crippen LogP) is 3.08. The number of halogens is 1. The zero-order valence-corrected chi connectivity index (χ0v) is 17.1. The molecule has 1 aromatic heterocycles. The highest BCUT2D eigenvalue weighted by Crippen LogP contribution is 2.18. The molecule has 28 heavy (non-hydrogen) atoms. The van der Waals surface area contributed by atoms with Crippen LogP contribution in [0.1, 0.15) is 19.0 Å². The van der Waals surface area contributed by atoms with E-state index in [2.05, 4.69) is 27.2 Å². The first-order chi connectivity index (χ1) is 13.7. The van der Waals surface area contributed by atoms with Crippen LogP contribution in [-0.4, -0.2) is 65.9 Å². The molecule has 0 bridgehead atoms. The lowest BCUT2D eigenvalue weighted by Gasteiger charge is -2.36. The molecule has 1 aromatic carbocycles. The number of hydrogen-bond donors (Lipinski definition) is 1. The van der Waals surface area contributed by atoms with Gasteiger partial charge in [0.25, 0.3) is 0 Å². The van der Waals surface area contributed by atoms with E-state index in [4.69, 9.17) is 9.52 Å². The first kappa shape index (κ1) is 20.7. The van der Waals surface area contributed by atoms with Crippen molar-refractivity contribution in [1.29, 1.82) is 0 Å². The molecule has 0 amide bonds. The Hall–Kier alpha value is -2.06. The van der Waals surface area contributed by atoms with E-state index in [9.17, 15) is 4.39 Å². The third kappa shape index (κ3) is 6.53. The van der Waals surface area contributed by atoms with E-state index in [0.29, 0.717) is 0 Å². The molecule has 0 saturated carbocycles. The fraction of sp³-hybridized carbons (Fsp3) is 0.500. The predicted molar refractivity (Wildman–Crippen MR) is 111 cm³/mol. The van der Waals surface area contributed by atoms with Crippen molar-refractivity contribution in [3.63, 3.8) is 0 Å². The van der Waals surface area contributed by atoms with Crippen LogP contribution in [0.5, 0.6) is 0 Å². The number of hydrogen-bond acceptors (Lipinski definition) is 5. The maximum Gasteiger partial charge on any atom is 0.194 e. The molecule has 0 spiro atoms. The van der Waals surface area contributed by atoms with Gasteiger partial charge < -0.3 is 14.7 Å². The molecule has 6 nitrogen and oxygen atoms in total. The number of nitrogens with one attached hydrogen (secondary N) is 1. The molecular weight excluding hydrogens is 377 g/mol. The van der Waals surface area contributed by atoms with Crippen LogP contribution in [0, 0.1) is 5.82 Å². The van der Waals surface area contributed by atoms with Gasteiger partial charge in [0, 0.05) is 56.8 Å². The first-order valence-corrected chi connectivity index (χ1v) is 10.8. The van der Waals surface area contributed by atoms with Gasteiger partial charge in [-0.25, -0.2) is 4.39 Å². The van der Waals surface area contributed by atoms with Crippen LogP contribution in [-0.2, 0) is 6.54 Å². The topological polar surface area (TPSA) is 56.9 Å². The zero-order chi connectivity index (χ0) is 19.6. The Morgan fingerprint density at radius 1 is 1.21 bits per heavy atom. The molecule has 1 fully saturated rings. The van der Waals surface area contributed by atoms with Crippen molar-refractivity contribution in [2.45, 2.75) is 24.8 Å². The van der Waals surface area contributed by atoms with Gasteiger partial charge in [0.15, 0.2) is 5.96 Å². The number of nitrogens with zero attached hydrogens (tertiary/aromatic N) is 4. The van der Waals surface area contributed by atoms with Crippen LogP contribution in [0.3, 0.4) is 0 Å². The SMILES string of the molecule is CCNC(=NCCCSc1ccc(F)cc1)N1CCN(Cc2ccon2)CC1. The normalized spacial score (nSPS) is 15.8. The third-order valence-corrected chi connectivity index (χ3v) is 5.63. The zero-order valence-electron chi connectivity index (χ0n) is 16.3. The van der Waals surface area contributed by atoms with Crippen LogP contribution in [0.25, 0.3) is 0 Å². The second-order valence-corrected chi connectivity index (χ2v) is 7.81. The fourth-order valence-corrected chi connectivity index (χ4v) is 3.90. The van der Waals surface area contributed by atoms with Gasteiger partial charge >= 0.3 is 0 Å². The lowest BCUT2D eigenvalue weighted by Crippen LogP contribution is -2.52. The molecule has 1 aliphatic rings. The molecular formula is C20H28FN5OS. The summed E-state index contributed by atoms with van der Waals surface area (Å²) in [7, 11) is 0. The largest absolute Gasteiger partial charge is 0.364 e. The number of aromatic nitrogens is 1. The summed E-state index contributed by atoms with van der Waals surface area (Å²) in [5, 5.41) is 7.40. The molecule has 2 aromatic rings. The number of rotatable bonds is 8. The van der Waals surface area contributed by atoms with Crippen molar-refractivity contribution >= 4 is 17.7 Å². The molecule has 8 heteroatoms. The first-order valence-electron chi connectivity index (χ1n) is 9.78. The summed E-state index contributed by atoms with van der Waals surface area (Å²) in [6, 6.07) is 8.58. The average molecular weight is 406 g/mol. The van der Waals surface area contributed by atoms with Gasteiger partial charge in [0.05, 0.1) is 5.69 Å². The maximum atomic E-state index is 12.9. The minimum atomic E-state index is -0.189. The Morgan fingerprint density at radius 3 is 2.68 bits per heavy atom. The van der Waals surface area contributed by atoms with Crippen molar-refractivity contribution in [3.05, 3.63) is 48.1 Å². The van der Waals surface area contributed by atoms with Crippen LogP contribution >= 0.6 is 11.8 Å². The smallest absolute Gasteiger partial charge is 0.194 e. The monoisotopic (exact) mass is 405 g/mol. The van der Waals surface area contributed by atoms with E-state index in [1.165, 1.54) is 12.1 Å². The molecule has 0 radical (unpaired) electrons. The van der Waals surface area contributed by atoms with Crippen molar-refractivity contribution in [1.82, 2.24) is 20.3 Å². The van der Waals surface area contributed by atoms with Crippen molar-refractivity contribution < 1.29 is 8.91 Å². The summed E-state index contributed by atoms with van der Waals surface area (Å²) in [6.45, 7) is 8.45. The summed E-state index contributed by atoms with van der Waals surface area (Å²) >= 11 is 1.74. The molecule has 152 valence electrons. The van der Waals surface area contributed by atoms with E-state index in [1.807, 2.05) is 18.2 Å². The number of thioether (sulfide) groups is 1. The van der Waals surface area contributed by atoms with Crippen LogP contribution < -0.4 is 5.32 Å². The Kier molecular flexibility index (Phi) is 8.17. The van der Waals surface area contributed by atoms with Gasteiger partial charge in [-0.3, -0.25) is 9.89 Å². The summed E-state index contributed by atoms with van der Waals surface area (Å²) in [6.07, 6.45) is 2.61. The summed E-state index contributed by atoms with van der Waals surface area (Å²) < 4.78 is 17.8. The second kappa shape index (κ2) is 11.1. The molecule has 0 atom stereocenters. The highest BCUT2D eigenvalue weighted by atomic mass is 32.2. The minimum Gasteiger partial charge on any atom is -0.364 e. The summed E-state index contributed by atoms with van der Waals surface area (Å²) in [5.74, 6) is 1.78. The van der Waals surface area contributed by atoms with Gasteiger partial charge in [-0.05, 0) is 43.4 Å². The molecule has 0 unspecified atom stereocenters. The number of benzene rings is 1. The van der Waals surface area contributed by atoms with E-state index in [-0.39, 0.29) is 5.82 Å². The van der Waals surface area contributed by atoms with Crippen LogP contribution in [0.4, 0.5) is 4.39 Å². The maximum absolute atomic E-state index is 12.9. The molecule has 3 rings (SSSR count). The molecule has 1 aliphatic heterocycles. The second-order valence-electron chi connectivity index (χ2n) is 6.65.